The van der Waals surface area contributed by atoms with Crippen LogP contribution < -0.4 is 16.8 Å². The Morgan fingerprint density at radius 1 is 1.03 bits per heavy atom. The predicted molar refractivity (Wildman–Crippen MR) is 111 cm³/mol. The number of rotatable bonds is 5. The van der Waals surface area contributed by atoms with Crippen LogP contribution >= 0.6 is 0 Å². The van der Waals surface area contributed by atoms with E-state index >= 15 is 0 Å². The number of amides is 1. The molecular formula is C20H17F2N7O2. The number of halogens is 2. The maximum atomic E-state index is 14.7. The summed E-state index contributed by atoms with van der Waals surface area (Å²) in [5.41, 5.74) is 12.4. The number of aromatic nitrogens is 4. The van der Waals surface area contributed by atoms with Crippen LogP contribution in [0.4, 0.5) is 26.1 Å². The van der Waals surface area contributed by atoms with E-state index < -0.39 is 24.1 Å². The Labute approximate surface area is 174 Å². The second-order valence-corrected chi connectivity index (χ2v) is 6.63. The van der Waals surface area contributed by atoms with Crippen molar-refractivity contribution in [1.82, 2.24) is 19.7 Å². The van der Waals surface area contributed by atoms with Gasteiger partial charge in [-0.05, 0) is 12.1 Å². The Bertz CT molecular complexity index is 1280. The van der Waals surface area contributed by atoms with Crippen molar-refractivity contribution >= 4 is 34.1 Å². The SMILES string of the molecule is Nc1nc(-c2nn(Cc3ccccc3F)c3c(F)cccc23)nc(N)c1NC(=O)CO. The smallest absolute Gasteiger partial charge is 0.250 e. The predicted octanol–water partition coefficient (Wildman–Crippen LogP) is 1.91. The lowest BCUT2D eigenvalue weighted by Crippen LogP contribution is -2.19. The Morgan fingerprint density at radius 3 is 2.39 bits per heavy atom. The standard InChI is InChI=1S/C20H17F2N7O2/c21-12-6-2-1-4-10(12)8-29-17-11(5-3-7-13(17)22)15(28-29)20-26-18(23)16(19(24)27-20)25-14(31)9-30/h1-7,30H,8-9H2,(H,25,31)(H4,23,24,26,27). The van der Waals surface area contributed by atoms with E-state index in [2.05, 4.69) is 20.4 Å². The van der Waals surface area contributed by atoms with Gasteiger partial charge in [0, 0.05) is 10.9 Å². The van der Waals surface area contributed by atoms with Crippen molar-refractivity contribution in [3.8, 4) is 11.5 Å². The molecule has 2 heterocycles. The van der Waals surface area contributed by atoms with Crippen molar-refractivity contribution < 1.29 is 18.7 Å². The fourth-order valence-corrected chi connectivity index (χ4v) is 3.17. The topological polar surface area (TPSA) is 145 Å². The number of benzene rings is 2. The average molecular weight is 425 g/mol. The quantitative estimate of drug-likeness (QED) is 0.382. The Morgan fingerprint density at radius 2 is 1.71 bits per heavy atom. The van der Waals surface area contributed by atoms with Gasteiger partial charge < -0.3 is 21.9 Å². The van der Waals surface area contributed by atoms with Gasteiger partial charge in [0.05, 0.1) is 6.54 Å². The summed E-state index contributed by atoms with van der Waals surface area (Å²) in [4.78, 5) is 19.7. The Balaban J connectivity index is 1.85. The first-order chi connectivity index (χ1) is 14.9. The monoisotopic (exact) mass is 425 g/mol. The summed E-state index contributed by atoms with van der Waals surface area (Å²) in [6.07, 6.45) is 0. The van der Waals surface area contributed by atoms with E-state index in [4.69, 9.17) is 16.6 Å². The van der Waals surface area contributed by atoms with Crippen LogP contribution in [0.5, 0.6) is 0 Å². The van der Waals surface area contributed by atoms with E-state index in [0.717, 1.165) is 0 Å². The van der Waals surface area contributed by atoms with Gasteiger partial charge >= 0.3 is 0 Å². The molecule has 0 fully saturated rings. The van der Waals surface area contributed by atoms with E-state index in [1.165, 1.54) is 22.9 Å². The van der Waals surface area contributed by atoms with Crippen LogP contribution in [0.1, 0.15) is 5.56 Å². The minimum Gasteiger partial charge on any atom is -0.387 e. The van der Waals surface area contributed by atoms with Gasteiger partial charge in [-0.1, -0.05) is 30.3 Å². The highest BCUT2D eigenvalue weighted by atomic mass is 19.1. The molecule has 158 valence electrons. The van der Waals surface area contributed by atoms with E-state index in [1.807, 2.05) is 0 Å². The summed E-state index contributed by atoms with van der Waals surface area (Å²) >= 11 is 0. The first kappa shape index (κ1) is 20.2. The number of carbonyl (C=O) groups is 1. The molecule has 2 aromatic carbocycles. The molecule has 6 N–H and O–H groups in total. The van der Waals surface area contributed by atoms with Gasteiger partial charge in [0.15, 0.2) is 17.5 Å². The van der Waals surface area contributed by atoms with Gasteiger partial charge in [0.25, 0.3) is 0 Å². The van der Waals surface area contributed by atoms with E-state index in [9.17, 15) is 13.6 Å². The number of anilines is 3. The third kappa shape index (κ3) is 3.73. The fourth-order valence-electron chi connectivity index (χ4n) is 3.17. The molecule has 0 aliphatic heterocycles. The molecule has 0 radical (unpaired) electrons. The number of nitrogens with two attached hydrogens (primary N) is 2. The molecule has 0 aliphatic rings. The molecule has 0 atom stereocenters. The lowest BCUT2D eigenvalue weighted by molar-refractivity contribution is -0.118. The van der Waals surface area contributed by atoms with Crippen molar-refractivity contribution in [1.29, 1.82) is 0 Å². The maximum Gasteiger partial charge on any atom is 0.250 e. The molecule has 0 saturated heterocycles. The number of nitrogen functional groups attached to an aromatic ring is 2. The summed E-state index contributed by atoms with van der Waals surface area (Å²) < 4.78 is 30.1. The third-order valence-corrected chi connectivity index (χ3v) is 4.58. The van der Waals surface area contributed by atoms with Gasteiger partial charge in [-0.2, -0.15) is 5.10 Å². The number of fused-ring (bicyclic) bond motifs is 1. The number of nitrogens with one attached hydrogen (secondary N) is 1. The summed E-state index contributed by atoms with van der Waals surface area (Å²) in [7, 11) is 0. The summed E-state index contributed by atoms with van der Waals surface area (Å²) in [6.45, 7) is -0.801. The zero-order valence-electron chi connectivity index (χ0n) is 16.0. The summed E-state index contributed by atoms with van der Waals surface area (Å²) in [6, 6.07) is 10.5. The summed E-state index contributed by atoms with van der Waals surface area (Å²) in [5, 5.41) is 16.0. The molecule has 31 heavy (non-hydrogen) atoms. The average Bonchev–Trinajstić information content (AvgIpc) is 3.12. The van der Waals surface area contributed by atoms with Crippen molar-refractivity contribution in [2.75, 3.05) is 23.4 Å². The molecule has 0 unspecified atom stereocenters. The zero-order chi connectivity index (χ0) is 22.1. The second kappa shape index (κ2) is 7.95. The highest BCUT2D eigenvalue weighted by molar-refractivity contribution is 5.98. The van der Waals surface area contributed by atoms with Crippen molar-refractivity contribution in [2.24, 2.45) is 0 Å². The molecule has 0 aliphatic carbocycles. The largest absolute Gasteiger partial charge is 0.387 e. The van der Waals surface area contributed by atoms with Crippen LogP contribution in [-0.2, 0) is 11.3 Å². The van der Waals surface area contributed by atoms with Crippen LogP contribution in [0, 0.1) is 11.6 Å². The highest BCUT2D eigenvalue weighted by Gasteiger charge is 2.21. The maximum absolute atomic E-state index is 14.7. The lowest BCUT2D eigenvalue weighted by atomic mass is 10.2. The number of carbonyl (C=O) groups excluding carboxylic acids is 1. The normalized spacial score (nSPS) is 11.1. The van der Waals surface area contributed by atoms with Crippen molar-refractivity contribution in [2.45, 2.75) is 6.54 Å². The number of aliphatic hydroxyl groups excluding tert-OH is 1. The number of hydrogen-bond acceptors (Lipinski definition) is 7. The zero-order valence-corrected chi connectivity index (χ0v) is 16.0. The molecule has 4 rings (SSSR count). The fraction of sp³-hybridized carbons (Fsp3) is 0.100. The first-order valence-electron chi connectivity index (χ1n) is 9.11. The first-order valence-corrected chi connectivity index (χ1v) is 9.11. The van der Waals surface area contributed by atoms with Gasteiger partial charge in [-0.15, -0.1) is 0 Å². The molecule has 2 aromatic heterocycles. The number of hydrogen-bond donors (Lipinski definition) is 4. The van der Waals surface area contributed by atoms with Gasteiger partial charge in [0.2, 0.25) is 5.91 Å². The van der Waals surface area contributed by atoms with Crippen molar-refractivity contribution in [3.05, 3.63) is 59.7 Å². The molecule has 11 heteroatoms. The Kier molecular flexibility index (Phi) is 5.17. The van der Waals surface area contributed by atoms with Crippen molar-refractivity contribution in [3.63, 3.8) is 0 Å². The Hall–Kier alpha value is -4.12. The molecule has 9 nitrogen and oxygen atoms in total. The minimum atomic E-state index is -0.773. The minimum absolute atomic E-state index is 0.000110. The third-order valence-electron chi connectivity index (χ3n) is 4.58. The van der Waals surface area contributed by atoms with Crippen LogP contribution in [0.2, 0.25) is 0 Å². The number of para-hydroxylation sites is 1. The molecular weight excluding hydrogens is 408 g/mol. The summed E-state index contributed by atoms with van der Waals surface area (Å²) in [5.74, 6) is -2.05. The van der Waals surface area contributed by atoms with Crippen LogP contribution in [-0.4, -0.2) is 37.4 Å². The van der Waals surface area contributed by atoms with Crippen LogP contribution in [0.25, 0.3) is 22.4 Å². The highest BCUT2D eigenvalue weighted by Crippen LogP contribution is 2.32. The van der Waals surface area contributed by atoms with E-state index in [-0.39, 0.29) is 40.9 Å². The number of nitrogens with zero attached hydrogens (tertiary/aromatic N) is 4. The van der Waals surface area contributed by atoms with Crippen LogP contribution in [0.3, 0.4) is 0 Å². The van der Waals surface area contributed by atoms with Gasteiger partial charge in [-0.3, -0.25) is 9.48 Å². The van der Waals surface area contributed by atoms with Gasteiger partial charge in [0.1, 0.15) is 35.1 Å². The lowest BCUT2D eigenvalue weighted by Gasteiger charge is -2.10. The number of aliphatic hydroxyl groups is 1. The molecule has 0 saturated carbocycles. The molecule has 4 aromatic rings. The molecule has 0 bridgehead atoms. The molecule has 1 amide bonds. The van der Waals surface area contributed by atoms with E-state index in [1.54, 1.807) is 24.3 Å². The molecule has 0 spiro atoms. The van der Waals surface area contributed by atoms with E-state index in [0.29, 0.717) is 10.9 Å². The van der Waals surface area contributed by atoms with Crippen LogP contribution in [0.15, 0.2) is 42.5 Å². The van der Waals surface area contributed by atoms with Gasteiger partial charge in [-0.25, -0.2) is 18.7 Å². The second-order valence-electron chi connectivity index (χ2n) is 6.63.